The summed E-state index contributed by atoms with van der Waals surface area (Å²) in [4.78, 5) is 27.1. The molecule has 2 aromatic rings. The molecule has 3 rings (SSSR count). The molecule has 1 heterocycles. The quantitative estimate of drug-likeness (QED) is 0.657. The number of hydrogen-bond acceptors (Lipinski definition) is 4. The minimum Gasteiger partial charge on any atom is -0.496 e. The molecule has 0 spiro atoms. The third kappa shape index (κ3) is 3.99. The van der Waals surface area contributed by atoms with E-state index >= 15 is 0 Å². The van der Waals surface area contributed by atoms with E-state index in [2.05, 4.69) is 19.2 Å². The Morgan fingerprint density at radius 1 is 1.10 bits per heavy atom. The van der Waals surface area contributed by atoms with Crippen LogP contribution in [-0.4, -0.2) is 37.1 Å². The number of rotatable bonds is 8. The second-order valence-corrected chi connectivity index (χ2v) is 7.90. The SMILES string of the molecule is CCC1(c2ccc(OC)c(C)c2)NC(=O)N(CCOc2ccc(C(C)C)cc2)C1=O. The first-order valence-electron chi connectivity index (χ1n) is 10.3. The fourth-order valence-corrected chi connectivity index (χ4v) is 3.82. The molecule has 0 aliphatic carbocycles. The van der Waals surface area contributed by atoms with Crippen LogP contribution >= 0.6 is 0 Å². The molecule has 2 aromatic carbocycles. The summed E-state index contributed by atoms with van der Waals surface area (Å²) < 4.78 is 11.1. The van der Waals surface area contributed by atoms with Crippen LogP contribution in [0, 0.1) is 6.92 Å². The largest absolute Gasteiger partial charge is 0.496 e. The van der Waals surface area contributed by atoms with Gasteiger partial charge in [-0.25, -0.2) is 4.79 Å². The van der Waals surface area contributed by atoms with Gasteiger partial charge in [0.1, 0.15) is 23.6 Å². The summed E-state index contributed by atoms with van der Waals surface area (Å²) in [6, 6.07) is 13.1. The lowest BCUT2D eigenvalue weighted by molar-refractivity contribution is -0.132. The van der Waals surface area contributed by atoms with Gasteiger partial charge in [0.05, 0.1) is 13.7 Å². The Balaban J connectivity index is 1.70. The van der Waals surface area contributed by atoms with E-state index in [9.17, 15) is 9.59 Å². The monoisotopic (exact) mass is 410 g/mol. The average molecular weight is 411 g/mol. The van der Waals surface area contributed by atoms with Gasteiger partial charge in [0, 0.05) is 0 Å². The third-order valence-corrected chi connectivity index (χ3v) is 5.72. The zero-order valence-electron chi connectivity index (χ0n) is 18.3. The Labute approximate surface area is 178 Å². The van der Waals surface area contributed by atoms with Crippen molar-refractivity contribution in [3.63, 3.8) is 0 Å². The van der Waals surface area contributed by atoms with Gasteiger partial charge in [-0.05, 0) is 60.2 Å². The van der Waals surface area contributed by atoms with Crippen LogP contribution in [0.25, 0.3) is 0 Å². The van der Waals surface area contributed by atoms with Crippen molar-refractivity contribution in [1.82, 2.24) is 10.2 Å². The predicted octanol–water partition coefficient (Wildman–Crippen LogP) is 4.36. The molecule has 1 fully saturated rings. The Kier molecular flexibility index (Phi) is 6.34. The van der Waals surface area contributed by atoms with Crippen LogP contribution in [0.4, 0.5) is 4.79 Å². The van der Waals surface area contributed by atoms with Crippen LogP contribution in [0.15, 0.2) is 42.5 Å². The van der Waals surface area contributed by atoms with Crippen LogP contribution in [0.2, 0.25) is 0 Å². The Hall–Kier alpha value is -3.02. The molecule has 6 nitrogen and oxygen atoms in total. The molecule has 0 aromatic heterocycles. The van der Waals surface area contributed by atoms with Crippen molar-refractivity contribution in [3.05, 3.63) is 59.2 Å². The summed E-state index contributed by atoms with van der Waals surface area (Å²) in [6.45, 7) is 8.52. The molecule has 1 aliphatic heterocycles. The maximum absolute atomic E-state index is 13.3. The Bertz CT molecular complexity index is 923. The van der Waals surface area contributed by atoms with Crippen molar-refractivity contribution in [1.29, 1.82) is 0 Å². The highest BCUT2D eigenvalue weighted by atomic mass is 16.5. The molecule has 1 saturated heterocycles. The van der Waals surface area contributed by atoms with Crippen LogP contribution < -0.4 is 14.8 Å². The number of methoxy groups -OCH3 is 1. The number of nitrogens with one attached hydrogen (secondary N) is 1. The normalized spacial score (nSPS) is 18.7. The highest BCUT2D eigenvalue weighted by Gasteiger charge is 2.51. The maximum atomic E-state index is 13.3. The van der Waals surface area contributed by atoms with Crippen LogP contribution in [0.1, 0.15) is 49.8 Å². The first-order valence-corrected chi connectivity index (χ1v) is 10.3. The number of nitrogens with zero attached hydrogens (tertiary/aromatic N) is 1. The van der Waals surface area contributed by atoms with Crippen molar-refractivity contribution in [2.75, 3.05) is 20.3 Å². The van der Waals surface area contributed by atoms with E-state index in [0.29, 0.717) is 12.3 Å². The molecular formula is C24H30N2O4. The summed E-state index contributed by atoms with van der Waals surface area (Å²) >= 11 is 0. The van der Waals surface area contributed by atoms with Gasteiger partial charge in [-0.2, -0.15) is 0 Å². The van der Waals surface area contributed by atoms with Crippen LogP contribution in [0.3, 0.4) is 0 Å². The summed E-state index contributed by atoms with van der Waals surface area (Å²) in [5.41, 5.74) is 1.84. The minimum atomic E-state index is -1.06. The lowest BCUT2D eigenvalue weighted by atomic mass is 9.86. The number of imide groups is 1. The highest BCUT2D eigenvalue weighted by molar-refractivity contribution is 6.07. The lowest BCUT2D eigenvalue weighted by Crippen LogP contribution is -2.43. The molecule has 1 unspecified atom stereocenters. The zero-order valence-corrected chi connectivity index (χ0v) is 18.3. The molecule has 1 N–H and O–H groups in total. The van der Waals surface area contributed by atoms with Gasteiger partial charge in [0.25, 0.3) is 5.91 Å². The van der Waals surface area contributed by atoms with Gasteiger partial charge >= 0.3 is 6.03 Å². The molecule has 30 heavy (non-hydrogen) atoms. The molecule has 1 aliphatic rings. The fraction of sp³-hybridized carbons (Fsp3) is 0.417. The molecule has 160 valence electrons. The average Bonchev–Trinajstić information content (AvgIpc) is 2.99. The van der Waals surface area contributed by atoms with E-state index in [1.165, 1.54) is 10.5 Å². The molecule has 0 bridgehead atoms. The summed E-state index contributed by atoms with van der Waals surface area (Å²) in [5.74, 6) is 1.67. The van der Waals surface area contributed by atoms with Crippen LogP contribution in [-0.2, 0) is 10.3 Å². The summed E-state index contributed by atoms with van der Waals surface area (Å²) in [7, 11) is 1.61. The lowest BCUT2D eigenvalue weighted by Gasteiger charge is -2.26. The first-order chi connectivity index (χ1) is 14.3. The number of benzene rings is 2. The molecule has 3 amide bonds. The van der Waals surface area contributed by atoms with Gasteiger partial charge in [-0.1, -0.05) is 39.0 Å². The number of aryl methyl sites for hydroxylation is 1. The first kappa shape index (κ1) is 21.7. The van der Waals surface area contributed by atoms with Gasteiger partial charge in [0.2, 0.25) is 0 Å². The van der Waals surface area contributed by atoms with E-state index in [1.54, 1.807) is 7.11 Å². The molecular weight excluding hydrogens is 380 g/mol. The smallest absolute Gasteiger partial charge is 0.325 e. The second kappa shape index (κ2) is 8.78. The molecule has 6 heteroatoms. The number of carbonyl (C=O) groups excluding carboxylic acids is 2. The molecule has 1 atom stereocenters. The van der Waals surface area contributed by atoms with Gasteiger partial charge in [-0.3, -0.25) is 9.69 Å². The van der Waals surface area contributed by atoms with Crippen molar-refractivity contribution in [2.24, 2.45) is 0 Å². The second-order valence-electron chi connectivity index (χ2n) is 7.90. The zero-order chi connectivity index (χ0) is 21.9. The van der Waals surface area contributed by atoms with Crippen molar-refractivity contribution in [3.8, 4) is 11.5 Å². The molecule has 0 radical (unpaired) electrons. The number of ether oxygens (including phenoxy) is 2. The third-order valence-electron chi connectivity index (χ3n) is 5.72. The number of carbonyl (C=O) groups is 2. The van der Waals surface area contributed by atoms with Gasteiger partial charge in [-0.15, -0.1) is 0 Å². The molecule has 0 saturated carbocycles. The van der Waals surface area contributed by atoms with Gasteiger partial charge in [0.15, 0.2) is 0 Å². The van der Waals surface area contributed by atoms with E-state index in [0.717, 1.165) is 22.6 Å². The summed E-state index contributed by atoms with van der Waals surface area (Å²) in [6.07, 6.45) is 0.456. The maximum Gasteiger partial charge on any atom is 0.325 e. The summed E-state index contributed by atoms with van der Waals surface area (Å²) in [5, 5.41) is 2.91. The minimum absolute atomic E-state index is 0.188. The van der Waals surface area contributed by atoms with Crippen LogP contribution in [0.5, 0.6) is 11.5 Å². The Morgan fingerprint density at radius 3 is 2.37 bits per heavy atom. The van der Waals surface area contributed by atoms with Gasteiger partial charge < -0.3 is 14.8 Å². The fourth-order valence-electron chi connectivity index (χ4n) is 3.82. The standard InChI is InChI=1S/C24H30N2O4/c1-6-24(19-9-12-21(29-5)17(4)15-19)22(27)26(23(28)25-24)13-14-30-20-10-7-18(8-11-20)16(2)3/h7-12,15-16H,6,13-14H2,1-5H3,(H,25,28). The Morgan fingerprint density at radius 2 is 1.80 bits per heavy atom. The van der Waals surface area contributed by atoms with E-state index in [-0.39, 0.29) is 19.1 Å². The number of hydrogen-bond donors (Lipinski definition) is 1. The topological polar surface area (TPSA) is 67.9 Å². The van der Waals surface area contributed by atoms with Crippen molar-refractivity contribution < 1.29 is 19.1 Å². The van der Waals surface area contributed by atoms with Crippen molar-refractivity contribution in [2.45, 2.75) is 45.6 Å². The van der Waals surface area contributed by atoms with E-state index in [1.807, 2.05) is 56.3 Å². The predicted molar refractivity (Wildman–Crippen MR) is 116 cm³/mol. The van der Waals surface area contributed by atoms with Crippen molar-refractivity contribution >= 4 is 11.9 Å². The van der Waals surface area contributed by atoms with E-state index in [4.69, 9.17) is 9.47 Å². The number of urea groups is 1. The number of amides is 3. The van der Waals surface area contributed by atoms with E-state index < -0.39 is 11.6 Å². The highest BCUT2D eigenvalue weighted by Crippen LogP contribution is 2.34.